The second-order valence-corrected chi connectivity index (χ2v) is 2.27. The Kier molecular flexibility index (Phi) is 2.53. The van der Waals surface area contributed by atoms with Gasteiger partial charge in [0.25, 0.3) is 0 Å². The van der Waals surface area contributed by atoms with E-state index < -0.39 is 5.97 Å². The minimum Gasteiger partial charge on any atom is -0.476 e. The fourth-order valence-electron chi connectivity index (χ4n) is 0.781. The summed E-state index contributed by atoms with van der Waals surface area (Å²) in [4.78, 5) is 28.3. The molecule has 0 aromatic carbocycles. The molecule has 6 nitrogen and oxygen atoms in total. The Balaban J connectivity index is 3.04. The fourth-order valence-corrected chi connectivity index (χ4v) is 0.781. The van der Waals surface area contributed by atoms with Crippen molar-refractivity contribution < 1.29 is 14.7 Å². The highest BCUT2D eigenvalue weighted by atomic mass is 16.4. The van der Waals surface area contributed by atoms with E-state index in [1.165, 1.54) is 13.1 Å². The Morgan fingerprint density at radius 3 is 2.77 bits per heavy atom. The molecule has 0 spiro atoms. The summed E-state index contributed by atoms with van der Waals surface area (Å²) in [6.45, 7) is 1.28. The van der Waals surface area contributed by atoms with E-state index >= 15 is 0 Å². The minimum absolute atomic E-state index is 0.0995. The summed E-state index contributed by atoms with van der Waals surface area (Å²) in [5.41, 5.74) is -0.118. The van der Waals surface area contributed by atoms with Crippen molar-refractivity contribution in [2.75, 3.05) is 5.32 Å². The summed E-state index contributed by atoms with van der Waals surface area (Å²) in [5.74, 6) is -1.57. The molecule has 0 aliphatic rings. The van der Waals surface area contributed by atoms with Crippen molar-refractivity contribution in [3.63, 3.8) is 0 Å². The number of amides is 1. The van der Waals surface area contributed by atoms with Crippen molar-refractivity contribution >= 4 is 17.6 Å². The van der Waals surface area contributed by atoms with Crippen LogP contribution in [0.2, 0.25) is 0 Å². The van der Waals surface area contributed by atoms with E-state index in [4.69, 9.17) is 5.11 Å². The number of carbonyl (C=O) groups is 2. The predicted molar refractivity (Wildman–Crippen MR) is 43.3 cm³/mol. The van der Waals surface area contributed by atoms with E-state index in [-0.39, 0.29) is 17.3 Å². The molecule has 0 saturated carbocycles. The zero-order valence-corrected chi connectivity index (χ0v) is 6.81. The first-order chi connectivity index (χ1) is 6.11. The number of aromatic carboxylic acids is 1. The maximum Gasteiger partial charge on any atom is 0.356 e. The van der Waals surface area contributed by atoms with E-state index in [1.807, 2.05) is 0 Å². The van der Waals surface area contributed by atoms with Crippen LogP contribution in [0.25, 0.3) is 0 Å². The van der Waals surface area contributed by atoms with Gasteiger partial charge in [-0.3, -0.25) is 4.79 Å². The molecule has 0 radical (unpaired) electrons. The Hall–Kier alpha value is -1.98. The minimum atomic E-state index is -1.20. The number of nitrogens with zero attached hydrogens (tertiary/aromatic N) is 2. The number of nitrogens with one attached hydrogen (secondary N) is 1. The lowest BCUT2D eigenvalue weighted by Crippen LogP contribution is -2.12. The number of carboxylic acid groups (broad SMARTS) is 1. The lowest BCUT2D eigenvalue weighted by atomic mass is 10.3. The van der Waals surface area contributed by atoms with Crippen molar-refractivity contribution in [2.24, 2.45) is 0 Å². The number of hydrogen-bond acceptors (Lipinski definition) is 4. The first-order valence-electron chi connectivity index (χ1n) is 3.42. The smallest absolute Gasteiger partial charge is 0.356 e. The molecule has 0 aliphatic carbocycles. The van der Waals surface area contributed by atoms with Gasteiger partial charge in [-0.15, -0.1) is 0 Å². The molecular weight excluding hydrogens is 174 g/mol. The molecule has 0 bridgehead atoms. The van der Waals surface area contributed by atoms with Crippen LogP contribution in [0, 0.1) is 0 Å². The Morgan fingerprint density at radius 2 is 2.23 bits per heavy atom. The van der Waals surface area contributed by atoms with E-state index in [1.54, 1.807) is 0 Å². The summed E-state index contributed by atoms with van der Waals surface area (Å²) in [6, 6.07) is 0. The van der Waals surface area contributed by atoms with Crippen LogP contribution < -0.4 is 5.32 Å². The first kappa shape index (κ1) is 9.11. The maximum absolute atomic E-state index is 10.6. The monoisotopic (exact) mass is 181 g/mol. The van der Waals surface area contributed by atoms with Gasteiger partial charge in [0.1, 0.15) is 6.33 Å². The van der Waals surface area contributed by atoms with Crippen LogP contribution in [0.3, 0.4) is 0 Å². The van der Waals surface area contributed by atoms with Crippen molar-refractivity contribution in [3.8, 4) is 0 Å². The van der Waals surface area contributed by atoms with Gasteiger partial charge in [0.15, 0.2) is 5.69 Å². The fraction of sp³-hybridized carbons (Fsp3) is 0.143. The quantitative estimate of drug-likeness (QED) is 0.676. The number of anilines is 1. The molecule has 0 atom stereocenters. The van der Waals surface area contributed by atoms with Crippen LogP contribution >= 0.6 is 0 Å². The van der Waals surface area contributed by atoms with Crippen LogP contribution in [-0.2, 0) is 4.79 Å². The molecule has 0 saturated heterocycles. The normalized spacial score (nSPS) is 9.31. The van der Waals surface area contributed by atoms with Crippen LogP contribution in [0.4, 0.5) is 5.69 Å². The molecule has 1 aromatic heterocycles. The highest BCUT2D eigenvalue weighted by Crippen LogP contribution is 2.09. The molecule has 1 heterocycles. The summed E-state index contributed by atoms with van der Waals surface area (Å²) in [6.07, 6.45) is 2.34. The average Bonchev–Trinajstić information content (AvgIpc) is 2.03. The predicted octanol–water partition coefficient (Wildman–Crippen LogP) is 0.133. The third-order valence-electron chi connectivity index (χ3n) is 1.23. The summed E-state index contributed by atoms with van der Waals surface area (Å²) < 4.78 is 0. The number of hydrogen-bond donors (Lipinski definition) is 2. The van der Waals surface area contributed by atoms with Gasteiger partial charge in [0, 0.05) is 6.92 Å². The van der Waals surface area contributed by atoms with Crippen LogP contribution in [0.1, 0.15) is 17.4 Å². The van der Waals surface area contributed by atoms with Gasteiger partial charge in [0.05, 0.1) is 11.9 Å². The largest absolute Gasteiger partial charge is 0.476 e. The van der Waals surface area contributed by atoms with Gasteiger partial charge in [-0.05, 0) is 0 Å². The third-order valence-corrected chi connectivity index (χ3v) is 1.23. The maximum atomic E-state index is 10.6. The zero-order chi connectivity index (χ0) is 9.84. The number of aromatic nitrogens is 2. The van der Waals surface area contributed by atoms with Crippen molar-refractivity contribution in [1.29, 1.82) is 0 Å². The molecular formula is C7H7N3O3. The van der Waals surface area contributed by atoms with E-state index in [9.17, 15) is 9.59 Å². The zero-order valence-electron chi connectivity index (χ0n) is 6.81. The molecule has 2 N–H and O–H groups in total. The Labute approximate surface area is 73.6 Å². The Morgan fingerprint density at radius 1 is 1.54 bits per heavy atom. The van der Waals surface area contributed by atoms with Crippen molar-refractivity contribution in [3.05, 3.63) is 18.2 Å². The standard InChI is InChI=1S/C7H7N3O3/c1-4(11)10-5-2-8-3-9-6(5)7(12)13/h2-3H,1H3,(H,10,11)(H,12,13). The second-order valence-electron chi connectivity index (χ2n) is 2.27. The van der Waals surface area contributed by atoms with Crippen molar-refractivity contribution in [2.45, 2.75) is 6.92 Å². The molecule has 0 fully saturated rings. The van der Waals surface area contributed by atoms with E-state index in [2.05, 4.69) is 15.3 Å². The second kappa shape index (κ2) is 3.61. The first-order valence-corrected chi connectivity index (χ1v) is 3.42. The SMILES string of the molecule is CC(=O)Nc1cncnc1C(=O)O. The number of rotatable bonds is 2. The highest BCUT2D eigenvalue weighted by Gasteiger charge is 2.11. The molecule has 0 unspecified atom stereocenters. The van der Waals surface area contributed by atoms with E-state index in [0.29, 0.717) is 0 Å². The lowest BCUT2D eigenvalue weighted by molar-refractivity contribution is -0.114. The van der Waals surface area contributed by atoms with E-state index in [0.717, 1.165) is 6.33 Å². The molecule has 1 amide bonds. The topological polar surface area (TPSA) is 92.2 Å². The van der Waals surface area contributed by atoms with Gasteiger partial charge in [-0.2, -0.15) is 0 Å². The van der Waals surface area contributed by atoms with Crippen LogP contribution in [0.15, 0.2) is 12.5 Å². The number of carbonyl (C=O) groups excluding carboxylic acids is 1. The number of carboxylic acids is 1. The molecule has 1 rings (SSSR count). The summed E-state index contributed by atoms with van der Waals surface area (Å²) >= 11 is 0. The molecule has 1 aromatic rings. The van der Waals surface area contributed by atoms with Gasteiger partial charge in [-0.1, -0.05) is 0 Å². The van der Waals surface area contributed by atoms with Crippen LogP contribution in [0.5, 0.6) is 0 Å². The summed E-state index contributed by atoms with van der Waals surface area (Å²) in [7, 11) is 0. The molecule has 6 heteroatoms. The van der Waals surface area contributed by atoms with Gasteiger partial charge in [-0.25, -0.2) is 14.8 Å². The van der Waals surface area contributed by atoms with Crippen molar-refractivity contribution in [1.82, 2.24) is 9.97 Å². The van der Waals surface area contributed by atoms with Gasteiger partial charge >= 0.3 is 5.97 Å². The molecule has 0 aliphatic heterocycles. The molecule has 13 heavy (non-hydrogen) atoms. The van der Waals surface area contributed by atoms with Gasteiger partial charge in [0.2, 0.25) is 5.91 Å². The van der Waals surface area contributed by atoms with Gasteiger partial charge < -0.3 is 10.4 Å². The molecule has 68 valence electrons. The third kappa shape index (κ3) is 2.22. The lowest BCUT2D eigenvalue weighted by Gasteiger charge is -2.02. The Bertz CT molecular complexity index is 351. The summed E-state index contributed by atoms with van der Waals surface area (Å²) in [5, 5.41) is 10.9. The highest BCUT2D eigenvalue weighted by molar-refractivity contribution is 5.97. The van der Waals surface area contributed by atoms with Crippen LogP contribution in [-0.4, -0.2) is 27.0 Å². The average molecular weight is 181 g/mol.